The van der Waals surface area contributed by atoms with Gasteiger partial charge in [-0.15, -0.1) is 11.3 Å². The Bertz CT molecular complexity index is 1680. The van der Waals surface area contributed by atoms with Gasteiger partial charge in [0.15, 0.2) is 11.5 Å². The third kappa shape index (κ3) is 3.79. The van der Waals surface area contributed by atoms with Crippen molar-refractivity contribution in [3.05, 3.63) is 74.5 Å². The third-order valence-corrected chi connectivity index (χ3v) is 8.02. The molecule has 0 fully saturated rings. The molecule has 0 aliphatic heterocycles. The maximum Gasteiger partial charge on any atom is 0.263 e. The van der Waals surface area contributed by atoms with Gasteiger partial charge in [0.25, 0.3) is 5.56 Å². The normalized spacial score (nSPS) is 11.2. The molecule has 0 aliphatic carbocycles. The zero-order valence-electron chi connectivity index (χ0n) is 20.1. The summed E-state index contributed by atoms with van der Waals surface area (Å²) >= 11 is 4.94. The minimum atomic E-state index is -0.195. The number of aromatic hydroxyl groups is 1. The summed E-state index contributed by atoms with van der Waals surface area (Å²) in [4.78, 5) is 19.7. The van der Waals surface area contributed by atoms with Crippen LogP contribution in [0.15, 0.2) is 57.8 Å². The highest BCUT2D eigenvalue weighted by Gasteiger charge is 2.25. The molecular formula is C27H23BrN2O5S. The number of halogens is 1. The molecule has 5 aromatic rings. The van der Waals surface area contributed by atoms with Gasteiger partial charge < -0.3 is 19.3 Å². The zero-order valence-corrected chi connectivity index (χ0v) is 22.5. The first kappa shape index (κ1) is 24.1. The van der Waals surface area contributed by atoms with E-state index in [1.165, 1.54) is 25.6 Å². The standard InChI is InChI=1S/C27H23BrN2O5S/c1-14-10-11-17(31)24-19(14)20-26(36-24)29-25(30(27(20)32)13-15-8-6-5-7-9-15)16-12-18(33-2)22(34-3)23(35-4)21(16)28/h5-12,31H,13H2,1-4H3. The molecule has 0 amide bonds. The molecule has 0 aliphatic rings. The SMILES string of the molecule is COc1cc(-c2nc3sc4c(O)ccc(C)c4c3c(=O)n2Cc2ccccc2)c(Br)c(OC)c1OC. The minimum Gasteiger partial charge on any atom is -0.506 e. The Hall–Kier alpha value is -3.56. The lowest BCUT2D eigenvalue weighted by molar-refractivity contribution is 0.323. The number of phenols is 1. The van der Waals surface area contributed by atoms with E-state index in [-0.39, 0.29) is 11.3 Å². The van der Waals surface area contributed by atoms with Crippen molar-refractivity contribution in [2.24, 2.45) is 0 Å². The fourth-order valence-electron chi connectivity index (χ4n) is 4.41. The van der Waals surface area contributed by atoms with Gasteiger partial charge >= 0.3 is 0 Å². The monoisotopic (exact) mass is 566 g/mol. The summed E-state index contributed by atoms with van der Waals surface area (Å²) in [6.07, 6.45) is 0. The van der Waals surface area contributed by atoms with Gasteiger partial charge in [-0.3, -0.25) is 9.36 Å². The number of thiophene rings is 1. The van der Waals surface area contributed by atoms with E-state index in [9.17, 15) is 9.90 Å². The number of hydrogen-bond acceptors (Lipinski definition) is 7. The van der Waals surface area contributed by atoms with Crippen molar-refractivity contribution < 1.29 is 19.3 Å². The molecule has 0 atom stereocenters. The molecule has 5 rings (SSSR count). The van der Waals surface area contributed by atoms with Crippen molar-refractivity contribution in [2.75, 3.05) is 21.3 Å². The quantitative estimate of drug-likeness (QED) is 0.266. The van der Waals surface area contributed by atoms with E-state index in [1.54, 1.807) is 23.8 Å². The molecule has 0 radical (unpaired) electrons. The fourth-order valence-corrected chi connectivity index (χ4v) is 6.19. The third-order valence-electron chi connectivity index (χ3n) is 6.12. The van der Waals surface area contributed by atoms with Gasteiger partial charge in [0.1, 0.15) is 16.4 Å². The molecule has 36 heavy (non-hydrogen) atoms. The molecule has 0 unspecified atom stereocenters. The highest BCUT2D eigenvalue weighted by Crippen LogP contribution is 2.48. The first-order valence-electron chi connectivity index (χ1n) is 11.1. The number of phenolic OH excluding ortho intramolecular Hbond substituents is 1. The first-order chi connectivity index (χ1) is 17.4. The Morgan fingerprint density at radius 3 is 2.39 bits per heavy atom. The van der Waals surface area contributed by atoms with E-state index in [2.05, 4.69) is 15.9 Å². The molecule has 0 bridgehead atoms. The summed E-state index contributed by atoms with van der Waals surface area (Å²) in [5.74, 6) is 1.86. The maximum absolute atomic E-state index is 14.2. The van der Waals surface area contributed by atoms with Crippen LogP contribution in [0.2, 0.25) is 0 Å². The van der Waals surface area contributed by atoms with Gasteiger partial charge in [-0.25, -0.2) is 4.98 Å². The highest BCUT2D eigenvalue weighted by molar-refractivity contribution is 9.10. The Kier molecular flexibility index (Phi) is 6.36. The Morgan fingerprint density at radius 2 is 1.72 bits per heavy atom. The second-order valence-corrected chi connectivity index (χ2v) is 10.00. The highest BCUT2D eigenvalue weighted by atomic mass is 79.9. The molecule has 9 heteroatoms. The molecule has 0 spiro atoms. The van der Waals surface area contributed by atoms with E-state index in [4.69, 9.17) is 19.2 Å². The van der Waals surface area contributed by atoms with Gasteiger partial charge in [-0.05, 0) is 46.1 Å². The van der Waals surface area contributed by atoms with Crippen molar-refractivity contribution >= 4 is 47.6 Å². The summed E-state index contributed by atoms with van der Waals surface area (Å²) in [6, 6.07) is 15.0. The number of nitrogens with zero attached hydrogens (tertiary/aromatic N) is 2. The molecule has 0 saturated heterocycles. The molecule has 2 aromatic heterocycles. The summed E-state index contributed by atoms with van der Waals surface area (Å²) in [7, 11) is 4.62. The predicted molar refractivity (Wildman–Crippen MR) is 146 cm³/mol. The summed E-state index contributed by atoms with van der Waals surface area (Å²) in [5, 5.41) is 11.8. The lowest BCUT2D eigenvalue weighted by Gasteiger charge is -2.19. The van der Waals surface area contributed by atoms with Crippen LogP contribution >= 0.6 is 27.3 Å². The molecule has 2 heterocycles. The maximum atomic E-state index is 14.2. The average Bonchev–Trinajstić information content (AvgIpc) is 3.29. The number of fused-ring (bicyclic) bond motifs is 3. The van der Waals surface area contributed by atoms with Crippen LogP contribution in [0, 0.1) is 6.92 Å². The Labute approximate surface area is 219 Å². The number of methoxy groups -OCH3 is 3. The predicted octanol–water partition coefficient (Wildman–Crippen LogP) is 6.13. The van der Waals surface area contributed by atoms with Crippen LogP contribution in [0.5, 0.6) is 23.0 Å². The van der Waals surface area contributed by atoms with Crippen LogP contribution in [0.3, 0.4) is 0 Å². The smallest absolute Gasteiger partial charge is 0.263 e. The molecule has 3 aromatic carbocycles. The average molecular weight is 567 g/mol. The van der Waals surface area contributed by atoms with E-state index >= 15 is 0 Å². The van der Waals surface area contributed by atoms with Gasteiger partial charge in [-0.1, -0.05) is 36.4 Å². The first-order valence-corrected chi connectivity index (χ1v) is 12.7. The van der Waals surface area contributed by atoms with Crippen LogP contribution in [0.1, 0.15) is 11.1 Å². The Balaban J connectivity index is 1.91. The number of ether oxygens (including phenoxy) is 3. The minimum absolute atomic E-state index is 0.128. The van der Waals surface area contributed by atoms with E-state index in [0.29, 0.717) is 54.6 Å². The van der Waals surface area contributed by atoms with Crippen molar-refractivity contribution in [3.63, 3.8) is 0 Å². The Morgan fingerprint density at radius 1 is 1.00 bits per heavy atom. The van der Waals surface area contributed by atoms with Crippen molar-refractivity contribution in [2.45, 2.75) is 13.5 Å². The van der Waals surface area contributed by atoms with Crippen LogP contribution in [0.4, 0.5) is 0 Å². The number of hydrogen-bond donors (Lipinski definition) is 1. The summed E-state index contributed by atoms with van der Waals surface area (Å²) in [6.45, 7) is 2.23. The summed E-state index contributed by atoms with van der Waals surface area (Å²) in [5.41, 5.74) is 2.27. The van der Waals surface area contributed by atoms with Crippen molar-refractivity contribution in [1.29, 1.82) is 0 Å². The van der Waals surface area contributed by atoms with Gasteiger partial charge in [0.2, 0.25) is 5.75 Å². The number of aromatic nitrogens is 2. The van der Waals surface area contributed by atoms with Crippen LogP contribution in [0.25, 0.3) is 31.7 Å². The molecular weight excluding hydrogens is 544 g/mol. The van der Waals surface area contributed by atoms with E-state index < -0.39 is 0 Å². The number of benzene rings is 3. The zero-order chi connectivity index (χ0) is 25.6. The lowest BCUT2D eigenvalue weighted by Crippen LogP contribution is -2.24. The van der Waals surface area contributed by atoms with E-state index in [1.807, 2.05) is 43.3 Å². The van der Waals surface area contributed by atoms with Gasteiger partial charge in [0.05, 0.1) is 42.4 Å². The van der Waals surface area contributed by atoms with Crippen molar-refractivity contribution in [3.8, 4) is 34.4 Å². The van der Waals surface area contributed by atoms with Gasteiger partial charge in [-0.2, -0.15) is 0 Å². The second kappa shape index (κ2) is 9.48. The van der Waals surface area contributed by atoms with Gasteiger partial charge in [0, 0.05) is 10.9 Å². The number of rotatable bonds is 6. The molecule has 184 valence electrons. The van der Waals surface area contributed by atoms with Crippen molar-refractivity contribution in [1.82, 2.24) is 9.55 Å². The second-order valence-electron chi connectivity index (χ2n) is 8.21. The topological polar surface area (TPSA) is 82.8 Å². The van der Waals surface area contributed by atoms with E-state index in [0.717, 1.165) is 16.5 Å². The lowest BCUT2D eigenvalue weighted by atomic mass is 10.1. The van der Waals surface area contributed by atoms with Crippen LogP contribution in [-0.2, 0) is 6.54 Å². The largest absolute Gasteiger partial charge is 0.506 e. The molecule has 0 saturated carbocycles. The summed E-state index contributed by atoms with van der Waals surface area (Å²) < 4.78 is 19.6. The fraction of sp³-hybridized carbons (Fsp3) is 0.185. The van der Waals surface area contributed by atoms with Crippen LogP contribution in [-0.4, -0.2) is 36.0 Å². The molecule has 7 nitrogen and oxygen atoms in total. The van der Waals surface area contributed by atoms with Crippen LogP contribution < -0.4 is 19.8 Å². The number of aryl methyl sites for hydroxylation is 1. The molecule has 1 N–H and O–H groups in total.